The van der Waals surface area contributed by atoms with Gasteiger partial charge in [-0.1, -0.05) is 6.07 Å². The Kier molecular flexibility index (Phi) is 2.42. The molecule has 90 valence electrons. The third-order valence-corrected chi connectivity index (χ3v) is 3.48. The number of H-pyrrole nitrogens is 1. The molecular weight excluding hydrogens is 219 g/mol. The lowest BCUT2D eigenvalue weighted by Gasteiger charge is -2.20. The van der Waals surface area contributed by atoms with Gasteiger partial charge in [-0.05, 0) is 30.7 Å². The van der Waals surface area contributed by atoms with Gasteiger partial charge in [0.15, 0.2) is 0 Å². The number of aromatic nitrogens is 1. The minimum absolute atomic E-state index is 0.228. The van der Waals surface area contributed by atoms with Crippen LogP contribution in [-0.2, 0) is 6.42 Å². The molecule has 0 saturated carbocycles. The first-order valence-electron chi connectivity index (χ1n) is 5.86. The average Bonchev–Trinajstić information content (AvgIpc) is 2.88. The van der Waals surface area contributed by atoms with Crippen molar-refractivity contribution in [3.05, 3.63) is 35.8 Å². The molecule has 3 rings (SSSR count). The second-order valence-electron chi connectivity index (χ2n) is 4.80. The molecule has 3 N–H and O–H groups in total. The van der Waals surface area contributed by atoms with E-state index in [9.17, 15) is 9.50 Å². The average molecular weight is 234 g/mol. The van der Waals surface area contributed by atoms with E-state index in [1.165, 1.54) is 6.07 Å². The summed E-state index contributed by atoms with van der Waals surface area (Å²) in [6.45, 7) is 1.40. The molecule has 2 aromatic rings. The fraction of sp³-hybridized carbons (Fsp3) is 0.385. The number of halogens is 1. The molecule has 0 radical (unpaired) electrons. The van der Waals surface area contributed by atoms with Crippen molar-refractivity contribution in [3.8, 4) is 0 Å². The molecule has 1 fully saturated rings. The first kappa shape index (κ1) is 10.7. The molecule has 0 bridgehead atoms. The second-order valence-corrected chi connectivity index (χ2v) is 4.80. The van der Waals surface area contributed by atoms with Gasteiger partial charge < -0.3 is 15.4 Å². The van der Waals surface area contributed by atoms with Gasteiger partial charge in [-0.15, -0.1) is 0 Å². The fourth-order valence-electron chi connectivity index (χ4n) is 2.58. The van der Waals surface area contributed by atoms with Gasteiger partial charge >= 0.3 is 0 Å². The van der Waals surface area contributed by atoms with Crippen LogP contribution >= 0.6 is 0 Å². The second kappa shape index (κ2) is 3.82. The van der Waals surface area contributed by atoms with E-state index in [0.29, 0.717) is 24.8 Å². The van der Waals surface area contributed by atoms with Gasteiger partial charge in [0.05, 0.1) is 5.60 Å². The highest BCUT2D eigenvalue weighted by Crippen LogP contribution is 2.27. The van der Waals surface area contributed by atoms with Gasteiger partial charge in [-0.3, -0.25) is 0 Å². The Bertz CT molecular complexity index is 543. The standard InChI is InChI=1S/C13H15FN2O/c14-10-2-1-3-11-12(10)9(7-16-11)6-13(17)4-5-15-8-13/h1-3,7,15-17H,4-6,8H2. The highest BCUT2D eigenvalue weighted by Gasteiger charge is 2.32. The third kappa shape index (κ3) is 1.83. The molecule has 1 saturated heterocycles. The molecule has 17 heavy (non-hydrogen) atoms. The summed E-state index contributed by atoms with van der Waals surface area (Å²) in [4.78, 5) is 3.05. The van der Waals surface area contributed by atoms with Crippen molar-refractivity contribution in [2.24, 2.45) is 0 Å². The Morgan fingerprint density at radius 2 is 2.29 bits per heavy atom. The van der Waals surface area contributed by atoms with Crippen molar-refractivity contribution in [3.63, 3.8) is 0 Å². The number of hydrogen-bond acceptors (Lipinski definition) is 2. The summed E-state index contributed by atoms with van der Waals surface area (Å²) in [7, 11) is 0. The van der Waals surface area contributed by atoms with Gasteiger partial charge in [-0.25, -0.2) is 4.39 Å². The van der Waals surface area contributed by atoms with Crippen LogP contribution in [0.15, 0.2) is 24.4 Å². The van der Waals surface area contributed by atoms with Crippen LogP contribution in [0, 0.1) is 5.82 Å². The van der Waals surface area contributed by atoms with E-state index in [2.05, 4.69) is 10.3 Å². The summed E-state index contributed by atoms with van der Waals surface area (Å²) in [6, 6.07) is 4.99. The van der Waals surface area contributed by atoms with Crippen LogP contribution in [0.2, 0.25) is 0 Å². The van der Waals surface area contributed by atoms with E-state index in [0.717, 1.165) is 17.6 Å². The Morgan fingerprint density at radius 3 is 3.06 bits per heavy atom. The molecule has 3 nitrogen and oxygen atoms in total. The van der Waals surface area contributed by atoms with Crippen LogP contribution in [0.3, 0.4) is 0 Å². The third-order valence-electron chi connectivity index (χ3n) is 3.48. The topological polar surface area (TPSA) is 48.0 Å². The maximum Gasteiger partial charge on any atom is 0.132 e. The molecular formula is C13H15FN2O. The van der Waals surface area contributed by atoms with Crippen LogP contribution < -0.4 is 5.32 Å². The van der Waals surface area contributed by atoms with Crippen molar-refractivity contribution in [1.82, 2.24) is 10.3 Å². The number of benzene rings is 1. The largest absolute Gasteiger partial charge is 0.388 e. The quantitative estimate of drug-likeness (QED) is 0.738. The van der Waals surface area contributed by atoms with Gasteiger partial charge in [0.25, 0.3) is 0 Å². The van der Waals surface area contributed by atoms with Crippen LogP contribution in [0.1, 0.15) is 12.0 Å². The van der Waals surface area contributed by atoms with Gasteiger partial charge in [0.2, 0.25) is 0 Å². The summed E-state index contributed by atoms with van der Waals surface area (Å²) >= 11 is 0. The Morgan fingerprint density at radius 1 is 1.41 bits per heavy atom. The molecule has 1 aliphatic rings. The molecule has 4 heteroatoms. The lowest BCUT2D eigenvalue weighted by molar-refractivity contribution is 0.0622. The zero-order valence-electron chi connectivity index (χ0n) is 9.46. The number of aliphatic hydroxyl groups is 1. The highest BCUT2D eigenvalue weighted by molar-refractivity contribution is 5.83. The van der Waals surface area contributed by atoms with Gasteiger partial charge in [0, 0.05) is 30.1 Å². The van der Waals surface area contributed by atoms with E-state index in [1.807, 2.05) is 6.07 Å². The summed E-state index contributed by atoms with van der Waals surface area (Å²) in [5.74, 6) is -0.228. The van der Waals surface area contributed by atoms with Crippen molar-refractivity contribution in [2.75, 3.05) is 13.1 Å². The van der Waals surface area contributed by atoms with E-state index in [1.54, 1.807) is 12.3 Å². The number of β-amino-alcohol motifs (C(OH)–C–C–N with tert-alkyl or cyclic N) is 1. The van der Waals surface area contributed by atoms with E-state index < -0.39 is 5.60 Å². The first-order valence-corrected chi connectivity index (χ1v) is 5.86. The van der Waals surface area contributed by atoms with E-state index >= 15 is 0 Å². The lowest BCUT2D eigenvalue weighted by atomic mass is 9.93. The number of fused-ring (bicyclic) bond motifs is 1. The molecule has 0 aliphatic carbocycles. The zero-order chi connectivity index (χ0) is 11.9. The molecule has 1 aromatic heterocycles. The predicted molar refractivity (Wildman–Crippen MR) is 64.4 cm³/mol. The van der Waals surface area contributed by atoms with Crippen LogP contribution in [-0.4, -0.2) is 28.8 Å². The van der Waals surface area contributed by atoms with E-state index in [4.69, 9.17) is 0 Å². The maximum absolute atomic E-state index is 13.8. The maximum atomic E-state index is 13.8. The van der Waals surface area contributed by atoms with Crippen molar-refractivity contribution in [2.45, 2.75) is 18.4 Å². The van der Waals surface area contributed by atoms with Gasteiger partial charge in [0.1, 0.15) is 5.82 Å². The molecule has 0 spiro atoms. The molecule has 1 aliphatic heterocycles. The Balaban J connectivity index is 2.00. The fourth-order valence-corrected chi connectivity index (χ4v) is 2.58. The molecule has 2 heterocycles. The summed E-state index contributed by atoms with van der Waals surface area (Å²) in [5, 5.41) is 14.1. The normalized spacial score (nSPS) is 24.6. The molecule has 1 aromatic carbocycles. The number of aromatic amines is 1. The van der Waals surface area contributed by atoms with Crippen molar-refractivity contribution in [1.29, 1.82) is 0 Å². The monoisotopic (exact) mass is 234 g/mol. The summed E-state index contributed by atoms with van der Waals surface area (Å²) in [6.07, 6.45) is 3.00. The minimum Gasteiger partial charge on any atom is -0.388 e. The smallest absolute Gasteiger partial charge is 0.132 e. The molecule has 0 amide bonds. The van der Waals surface area contributed by atoms with Gasteiger partial charge in [-0.2, -0.15) is 0 Å². The van der Waals surface area contributed by atoms with Crippen LogP contribution in [0.5, 0.6) is 0 Å². The van der Waals surface area contributed by atoms with Crippen molar-refractivity contribution >= 4 is 10.9 Å². The zero-order valence-corrected chi connectivity index (χ0v) is 9.46. The predicted octanol–water partition coefficient (Wildman–Crippen LogP) is 1.57. The Labute approximate surface area is 98.7 Å². The number of rotatable bonds is 2. The first-order chi connectivity index (χ1) is 8.18. The Hall–Kier alpha value is -1.39. The van der Waals surface area contributed by atoms with Crippen molar-refractivity contribution < 1.29 is 9.50 Å². The summed E-state index contributed by atoms with van der Waals surface area (Å²) in [5.41, 5.74) is 0.899. The molecule has 1 atom stereocenters. The van der Waals surface area contributed by atoms with Crippen LogP contribution in [0.25, 0.3) is 10.9 Å². The molecule has 1 unspecified atom stereocenters. The summed E-state index contributed by atoms with van der Waals surface area (Å²) < 4.78 is 13.8. The highest BCUT2D eigenvalue weighted by atomic mass is 19.1. The minimum atomic E-state index is -0.739. The number of nitrogens with one attached hydrogen (secondary N) is 2. The van der Waals surface area contributed by atoms with Crippen LogP contribution in [0.4, 0.5) is 4.39 Å². The number of hydrogen-bond donors (Lipinski definition) is 3. The lowest BCUT2D eigenvalue weighted by Crippen LogP contribution is -2.33. The van der Waals surface area contributed by atoms with E-state index in [-0.39, 0.29) is 5.82 Å². The SMILES string of the molecule is OC1(Cc2c[nH]c3cccc(F)c23)CCNC1.